The molecule has 2 aromatic rings. The third kappa shape index (κ3) is 4.14. The number of nitrogens with one attached hydrogen (secondary N) is 1. The van der Waals surface area contributed by atoms with Gasteiger partial charge in [-0.15, -0.1) is 0 Å². The summed E-state index contributed by atoms with van der Waals surface area (Å²) < 4.78 is 28.1. The van der Waals surface area contributed by atoms with Crippen LogP contribution in [0.15, 0.2) is 51.8 Å². The number of halogens is 1. The van der Waals surface area contributed by atoms with Gasteiger partial charge in [0.1, 0.15) is 0 Å². The second kappa shape index (κ2) is 6.70. The summed E-state index contributed by atoms with van der Waals surface area (Å²) >= 11 is 3.30. The molecule has 2 rings (SSSR count). The topological polar surface area (TPSA) is 72.2 Å². The predicted molar refractivity (Wildman–Crippen MR) is 87.2 cm³/mol. The molecule has 0 aliphatic heterocycles. The van der Waals surface area contributed by atoms with E-state index in [1.165, 1.54) is 0 Å². The van der Waals surface area contributed by atoms with Crippen molar-refractivity contribution in [3.8, 4) is 0 Å². The first kappa shape index (κ1) is 16.2. The van der Waals surface area contributed by atoms with Crippen LogP contribution in [-0.2, 0) is 23.1 Å². The molecule has 112 valence electrons. The third-order valence-electron chi connectivity index (χ3n) is 3.16. The van der Waals surface area contributed by atoms with Crippen LogP contribution in [0.3, 0.4) is 0 Å². The molecule has 0 aliphatic rings. The Kier molecular flexibility index (Phi) is 5.16. The van der Waals surface area contributed by atoms with Crippen molar-refractivity contribution in [2.45, 2.75) is 24.9 Å². The van der Waals surface area contributed by atoms with E-state index < -0.39 is 10.0 Å². The van der Waals surface area contributed by atoms with E-state index >= 15 is 0 Å². The highest BCUT2D eigenvalue weighted by molar-refractivity contribution is 9.10. The van der Waals surface area contributed by atoms with E-state index in [4.69, 9.17) is 5.73 Å². The minimum Gasteiger partial charge on any atom is -0.326 e. The monoisotopic (exact) mass is 368 g/mol. The Labute approximate surface area is 133 Å². The van der Waals surface area contributed by atoms with Crippen molar-refractivity contribution in [1.82, 2.24) is 4.72 Å². The zero-order chi connectivity index (χ0) is 15.5. The van der Waals surface area contributed by atoms with Gasteiger partial charge in [-0.05, 0) is 35.7 Å². The Morgan fingerprint density at radius 1 is 1.10 bits per heavy atom. The van der Waals surface area contributed by atoms with Gasteiger partial charge in [-0.3, -0.25) is 0 Å². The van der Waals surface area contributed by atoms with Crippen LogP contribution in [0.2, 0.25) is 0 Å². The molecular weight excluding hydrogens is 352 g/mol. The van der Waals surface area contributed by atoms with Crippen LogP contribution in [0.5, 0.6) is 0 Å². The summed E-state index contributed by atoms with van der Waals surface area (Å²) in [5.74, 6) is 0. The van der Waals surface area contributed by atoms with Crippen LogP contribution in [0.1, 0.15) is 16.7 Å². The van der Waals surface area contributed by atoms with Gasteiger partial charge in [0.2, 0.25) is 10.0 Å². The van der Waals surface area contributed by atoms with Gasteiger partial charge in [0.15, 0.2) is 0 Å². The normalized spacial score (nSPS) is 11.6. The molecule has 0 spiro atoms. The van der Waals surface area contributed by atoms with Crippen molar-refractivity contribution < 1.29 is 8.42 Å². The van der Waals surface area contributed by atoms with Gasteiger partial charge in [0.05, 0.1) is 4.90 Å². The molecule has 2 aromatic carbocycles. The second-order valence-electron chi connectivity index (χ2n) is 4.75. The first-order chi connectivity index (χ1) is 9.92. The first-order valence-electron chi connectivity index (χ1n) is 6.46. The van der Waals surface area contributed by atoms with E-state index in [-0.39, 0.29) is 11.4 Å². The smallest absolute Gasteiger partial charge is 0.241 e. The van der Waals surface area contributed by atoms with Crippen LogP contribution in [0, 0.1) is 6.92 Å². The zero-order valence-corrected chi connectivity index (χ0v) is 14.0. The Balaban J connectivity index is 2.15. The van der Waals surface area contributed by atoms with Crippen LogP contribution in [0.25, 0.3) is 0 Å². The number of benzene rings is 2. The van der Waals surface area contributed by atoms with Gasteiger partial charge in [0, 0.05) is 17.6 Å². The summed E-state index contributed by atoms with van der Waals surface area (Å²) in [4.78, 5) is 0.287. The molecule has 0 atom stereocenters. The molecule has 0 amide bonds. The Hall–Kier alpha value is -1.21. The predicted octanol–water partition coefficient (Wildman–Crippen LogP) is 2.69. The maximum absolute atomic E-state index is 12.3. The van der Waals surface area contributed by atoms with E-state index in [0.717, 1.165) is 15.6 Å². The lowest BCUT2D eigenvalue weighted by Gasteiger charge is -2.10. The van der Waals surface area contributed by atoms with E-state index in [9.17, 15) is 8.42 Å². The minimum absolute atomic E-state index is 0.249. The fourth-order valence-corrected chi connectivity index (χ4v) is 3.71. The summed E-state index contributed by atoms with van der Waals surface area (Å²) in [6, 6.07) is 12.7. The molecule has 6 heteroatoms. The molecule has 21 heavy (non-hydrogen) atoms. The Bertz CT molecular complexity index is 728. The summed E-state index contributed by atoms with van der Waals surface area (Å²) in [6.07, 6.45) is 0. The van der Waals surface area contributed by atoms with Gasteiger partial charge in [-0.25, -0.2) is 13.1 Å². The largest absolute Gasteiger partial charge is 0.326 e. The van der Waals surface area contributed by atoms with E-state index in [1.54, 1.807) is 19.1 Å². The Morgan fingerprint density at radius 3 is 2.33 bits per heavy atom. The molecule has 0 fully saturated rings. The van der Waals surface area contributed by atoms with Crippen molar-refractivity contribution in [3.63, 3.8) is 0 Å². The molecular formula is C15H17BrN2O2S. The second-order valence-corrected chi connectivity index (χ2v) is 7.41. The SMILES string of the molecule is Cc1ccc(Br)cc1S(=O)(=O)NCc1ccc(CN)cc1. The van der Waals surface area contributed by atoms with E-state index in [0.29, 0.717) is 12.1 Å². The number of rotatable bonds is 5. The summed E-state index contributed by atoms with van der Waals surface area (Å²) in [5.41, 5.74) is 8.16. The van der Waals surface area contributed by atoms with Gasteiger partial charge in [-0.2, -0.15) is 0 Å². The van der Waals surface area contributed by atoms with Crippen molar-refractivity contribution in [2.24, 2.45) is 5.73 Å². The molecule has 0 saturated carbocycles. The lowest BCUT2D eigenvalue weighted by atomic mass is 10.1. The first-order valence-corrected chi connectivity index (χ1v) is 8.74. The highest BCUT2D eigenvalue weighted by atomic mass is 79.9. The molecule has 0 radical (unpaired) electrons. The Morgan fingerprint density at radius 2 is 1.71 bits per heavy atom. The summed E-state index contributed by atoms with van der Waals surface area (Å²) in [6.45, 7) is 2.50. The van der Waals surface area contributed by atoms with Crippen LogP contribution >= 0.6 is 15.9 Å². The highest BCUT2D eigenvalue weighted by Crippen LogP contribution is 2.20. The fourth-order valence-electron chi connectivity index (χ4n) is 1.91. The standard InChI is InChI=1S/C15H17BrN2O2S/c1-11-2-7-14(16)8-15(11)21(19,20)18-10-13-5-3-12(9-17)4-6-13/h2-8,18H,9-10,17H2,1H3. The molecule has 0 aromatic heterocycles. The molecule has 0 unspecified atom stereocenters. The number of hydrogen-bond donors (Lipinski definition) is 2. The molecule has 4 nitrogen and oxygen atoms in total. The molecule has 3 N–H and O–H groups in total. The van der Waals surface area contributed by atoms with Gasteiger partial charge < -0.3 is 5.73 Å². The van der Waals surface area contributed by atoms with Crippen LogP contribution < -0.4 is 10.5 Å². The fraction of sp³-hybridized carbons (Fsp3) is 0.200. The van der Waals surface area contributed by atoms with Crippen molar-refractivity contribution >= 4 is 26.0 Å². The van der Waals surface area contributed by atoms with Gasteiger partial charge in [-0.1, -0.05) is 46.3 Å². The molecule has 0 saturated heterocycles. The number of aryl methyl sites for hydroxylation is 1. The third-order valence-corrected chi connectivity index (χ3v) is 5.20. The highest BCUT2D eigenvalue weighted by Gasteiger charge is 2.16. The van der Waals surface area contributed by atoms with E-state index in [1.807, 2.05) is 30.3 Å². The average molecular weight is 369 g/mol. The lowest BCUT2D eigenvalue weighted by Crippen LogP contribution is -2.24. The number of nitrogens with two attached hydrogens (primary N) is 1. The zero-order valence-electron chi connectivity index (χ0n) is 11.6. The van der Waals surface area contributed by atoms with Crippen LogP contribution in [-0.4, -0.2) is 8.42 Å². The van der Waals surface area contributed by atoms with Crippen molar-refractivity contribution in [3.05, 3.63) is 63.6 Å². The van der Waals surface area contributed by atoms with Gasteiger partial charge >= 0.3 is 0 Å². The number of sulfonamides is 1. The molecule has 0 aliphatic carbocycles. The minimum atomic E-state index is -3.53. The maximum Gasteiger partial charge on any atom is 0.241 e. The summed E-state index contributed by atoms with van der Waals surface area (Å²) in [7, 11) is -3.53. The van der Waals surface area contributed by atoms with Crippen molar-refractivity contribution in [1.29, 1.82) is 0 Å². The quantitative estimate of drug-likeness (QED) is 0.851. The van der Waals surface area contributed by atoms with E-state index in [2.05, 4.69) is 20.7 Å². The molecule has 0 heterocycles. The maximum atomic E-state index is 12.3. The van der Waals surface area contributed by atoms with Crippen LogP contribution in [0.4, 0.5) is 0 Å². The molecule has 0 bridgehead atoms. The summed E-state index contributed by atoms with van der Waals surface area (Å²) in [5, 5.41) is 0. The van der Waals surface area contributed by atoms with Crippen molar-refractivity contribution in [2.75, 3.05) is 0 Å². The lowest BCUT2D eigenvalue weighted by molar-refractivity contribution is 0.580. The van der Waals surface area contributed by atoms with Gasteiger partial charge in [0.25, 0.3) is 0 Å². The number of hydrogen-bond acceptors (Lipinski definition) is 3. The average Bonchev–Trinajstić information content (AvgIpc) is 2.48.